The van der Waals surface area contributed by atoms with Crippen molar-refractivity contribution in [3.8, 4) is 11.1 Å². The molecule has 0 nitrogen and oxygen atoms in total. The monoisotopic (exact) mass is 412 g/mol. The minimum absolute atomic E-state index is 0.0339. The fourth-order valence-electron chi connectivity index (χ4n) is 7.28. The van der Waals surface area contributed by atoms with Gasteiger partial charge in [-0.25, -0.2) is 0 Å². The highest BCUT2D eigenvalue weighted by molar-refractivity contribution is 6.12. The van der Waals surface area contributed by atoms with Crippen LogP contribution >= 0.6 is 0 Å². The summed E-state index contributed by atoms with van der Waals surface area (Å²) in [7, 11) is 0. The third kappa shape index (κ3) is 2.00. The summed E-state index contributed by atoms with van der Waals surface area (Å²) >= 11 is 0. The Morgan fingerprint density at radius 3 is 2.38 bits per heavy atom. The number of hydrogen-bond acceptors (Lipinski definition) is 0. The zero-order valence-corrected chi connectivity index (χ0v) is 19.6. The van der Waals surface area contributed by atoms with Gasteiger partial charge >= 0.3 is 0 Å². The van der Waals surface area contributed by atoms with Crippen molar-refractivity contribution in [1.82, 2.24) is 0 Å². The second-order valence-corrected chi connectivity index (χ2v) is 10.9. The van der Waals surface area contributed by atoms with Crippen molar-refractivity contribution in [2.75, 3.05) is 0 Å². The highest BCUT2D eigenvalue weighted by Gasteiger charge is 2.49. The van der Waals surface area contributed by atoms with Gasteiger partial charge < -0.3 is 0 Å². The van der Waals surface area contributed by atoms with E-state index in [0.717, 1.165) is 6.42 Å². The summed E-state index contributed by atoms with van der Waals surface area (Å²) in [4.78, 5) is 0. The zero-order chi connectivity index (χ0) is 22.0. The van der Waals surface area contributed by atoms with Crippen LogP contribution in [0.3, 0.4) is 0 Å². The van der Waals surface area contributed by atoms with Crippen LogP contribution in [0.25, 0.3) is 32.7 Å². The Bertz CT molecular complexity index is 1590. The summed E-state index contributed by atoms with van der Waals surface area (Å²) in [5.74, 6) is 0. The Kier molecular flexibility index (Phi) is 3.24. The van der Waals surface area contributed by atoms with Crippen molar-refractivity contribution in [3.63, 3.8) is 0 Å². The summed E-state index contributed by atoms with van der Waals surface area (Å²) in [6.07, 6.45) is 6.00. The second kappa shape index (κ2) is 5.62. The van der Waals surface area contributed by atoms with Gasteiger partial charge in [0.05, 0.1) is 0 Å². The Morgan fingerprint density at radius 2 is 1.56 bits per heavy atom. The molecular weight excluding hydrogens is 384 g/mol. The standard InChI is InChI=1S/C32H28/c1-18-13-22-10-11-24-28-27(22)25(14-18)31(4,5)26-15-21-8-6-7-9-23(21)30(29(26)28)32(24)16-19(2)12-20(3)17-32/h6-16H,17H2,1-5H3. The molecule has 0 radical (unpaired) electrons. The lowest BCUT2D eigenvalue weighted by molar-refractivity contribution is 0.634. The topological polar surface area (TPSA) is 0 Å². The van der Waals surface area contributed by atoms with E-state index in [1.807, 2.05) is 0 Å². The molecule has 0 fully saturated rings. The number of fused-ring (bicyclic) bond motifs is 4. The molecular formula is C32H28. The van der Waals surface area contributed by atoms with Crippen LogP contribution in [-0.4, -0.2) is 0 Å². The Balaban J connectivity index is 1.80. The first-order chi connectivity index (χ1) is 15.3. The van der Waals surface area contributed by atoms with E-state index in [1.165, 1.54) is 66.1 Å². The highest BCUT2D eigenvalue weighted by atomic mass is 14.5. The minimum atomic E-state index is -0.0834. The van der Waals surface area contributed by atoms with E-state index in [0.29, 0.717) is 0 Å². The average Bonchev–Trinajstić information content (AvgIpc) is 3.00. The first-order valence-corrected chi connectivity index (χ1v) is 11.8. The van der Waals surface area contributed by atoms with Crippen molar-refractivity contribution in [1.29, 1.82) is 0 Å². The molecule has 0 aliphatic heterocycles. The molecule has 0 amide bonds. The van der Waals surface area contributed by atoms with Gasteiger partial charge in [0.2, 0.25) is 0 Å². The van der Waals surface area contributed by atoms with Gasteiger partial charge in [-0.2, -0.15) is 0 Å². The lowest BCUT2D eigenvalue weighted by atomic mass is 9.67. The van der Waals surface area contributed by atoms with E-state index in [2.05, 4.69) is 101 Å². The van der Waals surface area contributed by atoms with Gasteiger partial charge in [-0.1, -0.05) is 91.2 Å². The molecule has 7 rings (SSSR count). The number of aryl methyl sites for hydroxylation is 1. The minimum Gasteiger partial charge on any atom is -0.0715 e. The molecule has 1 atom stereocenters. The molecule has 1 spiro atoms. The molecule has 0 bridgehead atoms. The predicted molar refractivity (Wildman–Crippen MR) is 137 cm³/mol. The third-order valence-corrected chi connectivity index (χ3v) is 8.34. The van der Waals surface area contributed by atoms with Crippen molar-refractivity contribution in [2.24, 2.45) is 0 Å². The van der Waals surface area contributed by atoms with Gasteiger partial charge in [-0.3, -0.25) is 0 Å². The molecule has 0 saturated carbocycles. The molecule has 156 valence electrons. The number of rotatable bonds is 0. The van der Waals surface area contributed by atoms with E-state index in [4.69, 9.17) is 0 Å². The molecule has 4 aromatic carbocycles. The van der Waals surface area contributed by atoms with Crippen LogP contribution in [0.1, 0.15) is 61.9 Å². The fraction of sp³-hybridized carbons (Fsp3) is 0.250. The van der Waals surface area contributed by atoms with Crippen LogP contribution in [-0.2, 0) is 10.8 Å². The molecule has 0 saturated heterocycles. The first kappa shape index (κ1) is 18.5. The maximum atomic E-state index is 2.57. The summed E-state index contributed by atoms with van der Waals surface area (Å²) in [5.41, 5.74) is 13.1. The maximum Gasteiger partial charge on any atom is 0.0443 e. The van der Waals surface area contributed by atoms with E-state index in [-0.39, 0.29) is 10.8 Å². The Morgan fingerprint density at radius 1 is 0.750 bits per heavy atom. The van der Waals surface area contributed by atoms with Crippen molar-refractivity contribution < 1.29 is 0 Å². The lowest BCUT2D eigenvalue weighted by Crippen LogP contribution is -2.26. The van der Waals surface area contributed by atoms with E-state index in [9.17, 15) is 0 Å². The van der Waals surface area contributed by atoms with Gasteiger partial charge in [0.25, 0.3) is 0 Å². The number of benzene rings is 4. The maximum absolute atomic E-state index is 2.57. The van der Waals surface area contributed by atoms with Crippen LogP contribution in [0, 0.1) is 6.92 Å². The van der Waals surface area contributed by atoms with Crippen molar-refractivity contribution in [2.45, 2.75) is 51.9 Å². The first-order valence-electron chi connectivity index (χ1n) is 11.8. The Hall–Kier alpha value is -3.12. The quantitative estimate of drug-likeness (QED) is 0.271. The zero-order valence-electron chi connectivity index (χ0n) is 19.6. The lowest BCUT2D eigenvalue weighted by Gasteiger charge is -2.36. The van der Waals surface area contributed by atoms with Gasteiger partial charge in [0.15, 0.2) is 0 Å². The summed E-state index contributed by atoms with van der Waals surface area (Å²) in [6, 6.07) is 21.2. The van der Waals surface area contributed by atoms with Crippen LogP contribution in [0.4, 0.5) is 0 Å². The predicted octanol–water partition coefficient (Wildman–Crippen LogP) is 8.50. The molecule has 0 aromatic heterocycles. The van der Waals surface area contributed by atoms with Gasteiger partial charge in [0, 0.05) is 10.8 Å². The molecule has 1 unspecified atom stereocenters. The van der Waals surface area contributed by atoms with Crippen molar-refractivity contribution in [3.05, 3.63) is 106 Å². The molecule has 4 aromatic rings. The van der Waals surface area contributed by atoms with Gasteiger partial charge in [0.1, 0.15) is 0 Å². The molecule has 32 heavy (non-hydrogen) atoms. The summed E-state index contributed by atoms with van der Waals surface area (Å²) in [6.45, 7) is 11.7. The van der Waals surface area contributed by atoms with E-state index < -0.39 is 0 Å². The van der Waals surface area contributed by atoms with Gasteiger partial charge in [-0.15, -0.1) is 0 Å². The molecule has 3 aliphatic rings. The molecule has 0 heteroatoms. The van der Waals surface area contributed by atoms with Gasteiger partial charge in [-0.05, 0) is 88.2 Å². The van der Waals surface area contributed by atoms with Crippen LogP contribution in [0.15, 0.2) is 77.9 Å². The van der Waals surface area contributed by atoms with Crippen molar-refractivity contribution >= 4 is 21.5 Å². The average molecular weight is 413 g/mol. The summed E-state index contributed by atoms with van der Waals surface area (Å²) in [5, 5.41) is 5.66. The molecule has 3 aliphatic carbocycles. The number of allylic oxidation sites excluding steroid dienone is 4. The summed E-state index contributed by atoms with van der Waals surface area (Å²) < 4.78 is 0. The highest BCUT2D eigenvalue weighted by Crippen LogP contribution is 2.63. The van der Waals surface area contributed by atoms with E-state index >= 15 is 0 Å². The molecule has 0 N–H and O–H groups in total. The largest absolute Gasteiger partial charge is 0.0715 e. The Labute approximate surface area is 190 Å². The van der Waals surface area contributed by atoms with Crippen LogP contribution < -0.4 is 0 Å². The van der Waals surface area contributed by atoms with Crippen LogP contribution in [0.5, 0.6) is 0 Å². The van der Waals surface area contributed by atoms with E-state index in [1.54, 1.807) is 5.56 Å². The SMILES string of the molecule is CC1=CC2(CC(C)=C1)c1ccc3cc(C)cc4c3c1-c1c(cc3ccccc3c12)C4(C)C. The van der Waals surface area contributed by atoms with Crippen LogP contribution in [0.2, 0.25) is 0 Å². The second-order valence-electron chi connectivity index (χ2n) is 10.9. The molecule has 0 heterocycles. The number of hydrogen-bond donors (Lipinski definition) is 0. The normalized spacial score (nSPS) is 21.9. The smallest absolute Gasteiger partial charge is 0.0443 e. The third-order valence-electron chi connectivity index (χ3n) is 8.34. The fourth-order valence-corrected chi connectivity index (χ4v) is 7.28.